The average molecular weight is 519 g/mol. The van der Waals surface area contributed by atoms with Gasteiger partial charge in [0, 0.05) is 36.2 Å². The van der Waals surface area contributed by atoms with Crippen LogP contribution in [0.1, 0.15) is 30.7 Å². The zero-order valence-electron chi connectivity index (χ0n) is 19.0. The number of nitrogens with zero attached hydrogens (tertiary/aromatic N) is 6. The number of halogens is 3. The summed E-state index contributed by atoms with van der Waals surface area (Å²) in [6.45, 7) is 2.56. The zero-order valence-corrected chi connectivity index (χ0v) is 19.8. The molecule has 0 amide bonds. The normalized spacial score (nSPS) is 23.4. The van der Waals surface area contributed by atoms with Crippen molar-refractivity contribution in [3.05, 3.63) is 54.5 Å². The Bertz CT molecular complexity index is 1590. The minimum absolute atomic E-state index is 0.0450. The number of anilines is 1. The minimum Gasteiger partial charge on any atom is -0.369 e. The number of nitrogens with one attached hydrogen (secondary N) is 1. The third-order valence-electron chi connectivity index (χ3n) is 6.98. The molecule has 0 spiro atoms. The Morgan fingerprint density at radius 2 is 1.92 bits per heavy atom. The lowest BCUT2D eigenvalue weighted by molar-refractivity contribution is -0.151. The Hall–Kier alpha value is -3.52. The molecule has 0 aliphatic heterocycles. The number of alkyl halides is 3. The van der Waals surface area contributed by atoms with E-state index >= 15 is 0 Å². The first-order valence-electron chi connectivity index (χ1n) is 11.1. The molecule has 36 heavy (non-hydrogen) atoms. The minimum atomic E-state index is -4.78. The molecular formula is C22H21F3N8O2S. The number of imidazole rings is 2. The first kappa shape index (κ1) is 22.9. The summed E-state index contributed by atoms with van der Waals surface area (Å²) in [6.07, 6.45) is 4.24. The quantitative estimate of drug-likeness (QED) is 0.401. The van der Waals surface area contributed by atoms with Gasteiger partial charge in [0.25, 0.3) is 0 Å². The molecule has 4 aromatic rings. The maximum absolute atomic E-state index is 13.2. The van der Waals surface area contributed by atoms with Gasteiger partial charge in [-0.3, -0.25) is 4.40 Å². The van der Waals surface area contributed by atoms with Crippen LogP contribution in [0.5, 0.6) is 0 Å². The molecule has 0 saturated heterocycles. The van der Waals surface area contributed by atoms with Gasteiger partial charge in [0.15, 0.2) is 0 Å². The van der Waals surface area contributed by atoms with Crippen molar-refractivity contribution < 1.29 is 21.6 Å². The molecule has 10 nitrogen and oxygen atoms in total. The Kier molecular flexibility index (Phi) is 4.62. The smallest absolute Gasteiger partial charge is 0.369 e. The summed E-state index contributed by atoms with van der Waals surface area (Å²) in [5, 5.41) is 0. The Morgan fingerprint density at radius 1 is 1.17 bits per heavy atom. The van der Waals surface area contributed by atoms with Crippen LogP contribution in [0.25, 0.3) is 17.0 Å². The summed E-state index contributed by atoms with van der Waals surface area (Å²) >= 11 is 0. The molecular weight excluding hydrogens is 497 g/mol. The number of fused-ring (bicyclic) bond motifs is 1. The van der Waals surface area contributed by atoms with Crippen LogP contribution in [-0.2, 0) is 22.7 Å². The summed E-state index contributed by atoms with van der Waals surface area (Å²) < 4.78 is 71.7. The van der Waals surface area contributed by atoms with Gasteiger partial charge in [0.1, 0.15) is 0 Å². The van der Waals surface area contributed by atoms with Gasteiger partial charge in [-0.15, -0.1) is 0 Å². The first-order valence-corrected chi connectivity index (χ1v) is 12.6. The largest absolute Gasteiger partial charge is 0.451 e. The Labute approximate surface area is 203 Å². The van der Waals surface area contributed by atoms with Crippen LogP contribution in [0.3, 0.4) is 0 Å². The third kappa shape index (κ3) is 3.63. The highest BCUT2D eigenvalue weighted by Crippen LogP contribution is 2.68. The van der Waals surface area contributed by atoms with Crippen LogP contribution in [0, 0.1) is 12.3 Å². The Morgan fingerprint density at radius 3 is 2.58 bits per heavy atom. The van der Waals surface area contributed by atoms with Crippen LogP contribution >= 0.6 is 0 Å². The summed E-state index contributed by atoms with van der Waals surface area (Å²) in [5.74, 6) is -2.11. The first-order chi connectivity index (χ1) is 16.9. The van der Waals surface area contributed by atoms with Crippen molar-refractivity contribution in [2.24, 2.45) is 5.41 Å². The number of aromatic nitrogens is 6. The van der Waals surface area contributed by atoms with Gasteiger partial charge in [-0.25, -0.2) is 23.1 Å². The molecule has 0 radical (unpaired) electrons. The van der Waals surface area contributed by atoms with E-state index in [-0.39, 0.29) is 21.8 Å². The van der Waals surface area contributed by atoms with Crippen LogP contribution < -0.4 is 10.5 Å². The van der Waals surface area contributed by atoms with Crippen LogP contribution in [0.2, 0.25) is 0 Å². The number of rotatable bonds is 6. The molecule has 2 bridgehead atoms. The highest BCUT2D eigenvalue weighted by molar-refractivity contribution is 7.89. The molecule has 1 aromatic carbocycles. The molecule has 3 saturated carbocycles. The fourth-order valence-corrected chi connectivity index (χ4v) is 7.01. The maximum atomic E-state index is 13.2. The predicted molar refractivity (Wildman–Crippen MR) is 122 cm³/mol. The molecule has 3 fully saturated rings. The molecule has 0 atom stereocenters. The van der Waals surface area contributed by atoms with E-state index in [9.17, 15) is 21.6 Å². The van der Waals surface area contributed by atoms with Gasteiger partial charge in [-0.1, -0.05) is 6.07 Å². The highest BCUT2D eigenvalue weighted by Gasteiger charge is 2.68. The molecule has 3 N–H and O–H groups in total. The van der Waals surface area contributed by atoms with E-state index < -0.39 is 33.5 Å². The monoisotopic (exact) mass is 518 g/mol. The molecule has 0 unspecified atom stereocenters. The van der Waals surface area contributed by atoms with Crippen molar-refractivity contribution in [3.8, 4) is 11.3 Å². The second-order valence-corrected chi connectivity index (χ2v) is 11.5. The number of benzene rings is 1. The summed E-state index contributed by atoms with van der Waals surface area (Å²) in [6, 6.07) is 4.59. The van der Waals surface area contributed by atoms with E-state index in [1.807, 2.05) is 10.8 Å². The molecule has 3 aliphatic carbocycles. The molecule has 7 rings (SSSR count). The van der Waals surface area contributed by atoms with Gasteiger partial charge in [-0.05, 0) is 49.3 Å². The topological polar surface area (TPSA) is 133 Å². The second kappa shape index (κ2) is 7.26. The number of nitrogens with two attached hydrogens (primary N) is 1. The van der Waals surface area contributed by atoms with E-state index in [1.165, 1.54) is 18.3 Å². The molecule has 188 valence electrons. The van der Waals surface area contributed by atoms with Crippen molar-refractivity contribution in [2.45, 2.75) is 49.3 Å². The van der Waals surface area contributed by atoms with Crippen molar-refractivity contribution in [1.29, 1.82) is 0 Å². The lowest BCUT2D eigenvalue weighted by Gasteiger charge is -2.70. The summed E-state index contributed by atoms with van der Waals surface area (Å²) in [4.78, 5) is 15.0. The SMILES string of the molecule is Cc1ccc(S(=O)(=O)NC23CC(Cn4ccnc4)(C2)C3)cc1-c1cn2c(N)nc(C(F)(F)F)nc2n1. The van der Waals surface area contributed by atoms with Gasteiger partial charge < -0.3 is 10.3 Å². The second-order valence-electron chi connectivity index (χ2n) is 9.83. The average Bonchev–Trinajstić information content (AvgIpc) is 3.40. The van der Waals surface area contributed by atoms with Gasteiger partial charge in [-0.2, -0.15) is 23.1 Å². The van der Waals surface area contributed by atoms with Gasteiger partial charge >= 0.3 is 6.18 Å². The Balaban J connectivity index is 1.26. The number of nitrogen functional groups attached to an aromatic ring is 1. The number of hydrogen-bond acceptors (Lipinski definition) is 7. The van der Waals surface area contributed by atoms with Gasteiger partial charge in [0.05, 0.1) is 16.9 Å². The highest BCUT2D eigenvalue weighted by atomic mass is 32.2. The fraction of sp³-hybridized carbons (Fsp3) is 0.364. The molecule has 3 aromatic heterocycles. The molecule has 14 heteroatoms. The standard InChI is InChI=1S/C22H21F3N8O2S/c1-13-2-3-14(36(34,35)31-21-8-20(9-21,10-21)11-32-5-4-27-12-32)6-15(13)16-7-33-18(26)29-17(22(23,24)25)30-19(33)28-16/h2-7,12,31H,8-11H2,1H3,(H2,26,28,29,30). The summed E-state index contributed by atoms with van der Waals surface area (Å²) in [5.41, 5.74) is 6.68. The molecule has 3 aliphatic rings. The van der Waals surface area contributed by atoms with Crippen LogP contribution in [0.4, 0.5) is 19.1 Å². The van der Waals surface area contributed by atoms with Gasteiger partial charge in [0.2, 0.25) is 27.6 Å². The van der Waals surface area contributed by atoms with E-state index in [2.05, 4.69) is 24.7 Å². The lowest BCUT2D eigenvalue weighted by Crippen LogP contribution is -2.75. The predicted octanol–water partition coefficient (Wildman–Crippen LogP) is 2.80. The van der Waals surface area contributed by atoms with Crippen molar-refractivity contribution >= 4 is 21.7 Å². The summed E-state index contributed by atoms with van der Waals surface area (Å²) in [7, 11) is -3.85. The van der Waals surface area contributed by atoms with Crippen LogP contribution in [0.15, 0.2) is 48.0 Å². The number of hydrogen-bond donors (Lipinski definition) is 2. The maximum Gasteiger partial charge on any atom is 0.451 e. The number of sulfonamides is 1. The fourth-order valence-electron chi connectivity index (χ4n) is 5.59. The van der Waals surface area contributed by atoms with E-state index in [0.717, 1.165) is 30.2 Å². The van der Waals surface area contributed by atoms with Crippen LogP contribution in [-0.4, -0.2) is 42.9 Å². The van der Waals surface area contributed by atoms with Crippen molar-refractivity contribution in [2.75, 3.05) is 5.73 Å². The van der Waals surface area contributed by atoms with Crippen molar-refractivity contribution in [3.63, 3.8) is 0 Å². The van der Waals surface area contributed by atoms with Crippen molar-refractivity contribution in [1.82, 2.24) is 33.6 Å². The number of aryl methyl sites for hydroxylation is 1. The zero-order chi connectivity index (χ0) is 25.5. The van der Waals surface area contributed by atoms with E-state index in [4.69, 9.17) is 5.73 Å². The third-order valence-corrected chi connectivity index (χ3v) is 8.55. The lowest BCUT2D eigenvalue weighted by atomic mass is 9.40. The van der Waals surface area contributed by atoms with E-state index in [1.54, 1.807) is 25.5 Å². The molecule has 3 heterocycles. The van der Waals surface area contributed by atoms with E-state index in [0.29, 0.717) is 11.1 Å².